The fraction of sp³-hybridized carbons (Fsp3) is 0.635. The number of hydrogen-bond donors (Lipinski definition) is 6. The molecule has 7 N–H and O–H groups in total. The van der Waals surface area contributed by atoms with Crippen molar-refractivity contribution < 1.29 is 76.2 Å². The smallest absolute Gasteiger partial charge is 0.462 e. The second-order valence-corrected chi connectivity index (χ2v) is 21.4. The first-order chi connectivity index (χ1) is 35.4. The van der Waals surface area contributed by atoms with Gasteiger partial charge in [-0.3, -0.25) is 28.0 Å². The first-order valence-electron chi connectivity index (χ1n) is 26.0. The van der Waals surface area contributed by atoms with Gasteiger partial charge in [0.1, 0.15) is 30.9 Å². The summed E-state index contributed by atoms with van der Waals surface area (Å²) >= 11 is 0. The summed E-state index contributed by atoms with van der Waals surface area (Å²) < 4.78 is 58.9. The Labute approximate surface area is 435 Å². The molecular formula is C52H81N3O17P2. The molecule has 20 nitrogen and oxygen atoms in total. The number of carbonyl (C=O) groups excluding carboxylic acids is 3. The number of nitrogens with zero attached hydrogens (tertiary/aromatic N) is 2. The third-order valence-electron chi connectivity index (χ3n) is 12.0. The quantitative estimate of drug-likeness (QED) is 0.0245. The minimum Gasteiger partial charge on any atom is -0.462 e. The van der Waals surface area contributed by atoms with Crippen LogP contribution in [0.2, 0.25) is 0 Å². The van der Waals surface area contributed by atoms with E-state index in [2.05, 4.69) is 40.5 Å². The third-order valence-corrected chi connectivity index (χ3v) is 14.6. The molecule has 1 aromatic rings. The van der Waals surface area contributed by atoms with E-state index in [9.17, 15) is 53.4 Å². The molecule has 0 radical (unpaired) electrons. The van der Waals surface area contributed by atoms with Crippen molar-refractivity contribution >= 4 is 39.2 Å². The largest absolute Gasteiger partial charge is 0.481 e. The Morgan fingerprint density at radius 3 is 2.23 bits per heavy atom. The van der Waals surface area contributed by atoms with E-state index < -0.39 is 107 Å². The molecule has 0 spiro atoms. The fourth-order valence-corrected chi connectivity index (χ4v) is 9.94. The third kappa shape index (κ3) is 26.5. The number of cyclic esters (lactones) is 1. The molecule has 2 bridgehead atoms. The van der Waals surface area contributed by atoms with Gasteiger partial charge in [0.25, 0.3) is 0 Å². The van der Waals surface area contributed by atoms with Crippen molar-refractivity contribution in [2.75, 3.05) is 25.6 Å². The Hall–Kier alpha value is -4.17. The van der Waals surface area contributed by atoms with E-state index in [0.717, 1.165) is 42.7 Å². The number of esters is 2. The van der Waals surface area contributed by atoms with Gasteiger partial charge in [-0.2, -0.15) is 9.29 Å². The Morgan fingerprint density at radius 2 is 1.53 bits per heavy atom. The molecule has 1 aromatic heterocycles. The van der Waals surface area contributed by atoms with E-state index in [-0.39, 0.29) is 31.5 Å². The van der Waals surface area contributed by atoms with Crippen LogP contribution in [-0.4, -0.2) is 103 Å². The van der Waals surface area contributed by atoms with Crippen LogP contribution in [0, 0.1) is 11.8 Å². The summed E-state index contributed by atoms with van der Waals surface area (Å²) in [6.45, 7) is 1.51. The van der Waals surface area contributed by atoms with Crippen LogP contribution in [0.15, 0.2) is 90.0 Å². The number of hydrogen-bond acceptors (Lipinski definition) is 17. The normalized spacial score (nSPS) is 27.8. The number of anilines is 1. The molecule has 0 aliphatic carbocycles. The van der Waals surface area contributed by atoms with Crippen molar-refractivity contribution in [3.63, 3.8) is 0 Å². The number of aliphatic hydroxyl groups is 3. The number of nitrogen functional groups attached to an aromatic ring is 1. The van der Waals surface area contributed by atoms with Crippen LogP contribution in [0.5, 0.6) is 0 Å². The topological polar surface area (TPSA) is 303 Å². The van der Waals surface area contributed by atoms with Gasteiger partial charge in [0.05, 0.1) is 31.3 Å². The molecular weight excluding hydrogens is 1000 g/mol. The zero-order valence-corrected chi connectivity index (χ0v) is 44.8. The lowest BCUT2D eigenvalue weighted by molar-refractivity contribution is -0.167. The molecule has 416 valence electrons. The summed E-state index contributed by atoms with van der Waals surface area (Å²) in [6.07, 6.45) is 27.0. The Morgan fingerprint density at radius 1 is 0.878 bits per heavy atom. The number of allylic oxidation sites excluding steroid dienone is 9. The lowest BCUT2D eigenvalue weighted by atomic mass is 9.88. The van der Waals surface area contributed by atoms with Crippen molar-refractivity contribution in [2.45, 2.75) is 179 Å². The number of aliphatic hydroxyl groups excluding tert-OH is 3. The zero-order chi connectivity index (χ0) is 54.2. The predicted molar refractivity (Wildman–Crippen MR) is 279 cm³/mol. The van der Waals surface area contributed by atoms with Gasteiger partial charge in [0.15, 0.2) is 11.9 Å². The second-order valence-electron chi connectivity index (χ2n) is 18.3. The van der Waals surface area contributed by atoms with Gasteiger partial charge < -0.3 is 45.1 Å². The van der Waals surface area contributed by atoms with Crippen LogP contribution in [0.1, 0.15) is 148 Å². The summed E-state index contributed by atoms with van der Waals surface area (Å²) in [6, 6.07) is 1.28. The van der Waals surface area contributed by atoms with Crippen molar-refractivity contribution in [3.8, 4) is 0 Å². The molecule has 22 heteroatoms. The van der Waals surface area contributed by atoms with Gasteiger partial charge in [-0.05, 0) is 76.4 Å². The highest BCUT2D eigenvalue weighted by molar-refractivity contribution is 7.61. The lowest BCUT2D eigenvalue weighted by Gasteiger charge is -2.36. The number of unbranched alkanes of at least 4 members (excludes halogenated alkanes) is 9. The standard InChI is InChI=1S/C52H81N3O17P2/c1-3-5-7-8-9-10-11-12-13-14-15-16-17-18-19-20-25-29-47(58)67-37-42-38-68-73(63,64)72-74(65,66)69-39-45-50(61)49(60)43(33-32-41(56)28-23-6-4-2)44(57)34-31-40(27-24-21-22-26-30-48(59)70-42)51(71-45)55-36-35-46(53)54-52(55)62/h12-13,15-16,18-19,21,24,31-36,40-43,45,49-51,56,60-61H,3-11,14,17,20,22-23,25-30,37-39H2,1-2H3,(H,63,64)(H,65,66)(H2,53,54,62)/b13-12-,16-15-,19-18-,24-21?,33-32?,34-31?/t40-,41-,42+,43-,45+,49-,50+,51+/m0/s1. The molecule has 3 heterocycles. The SMILES string of the molecule is CCCCCCCC/C=C\C/C=C\C/C=C\CCCC(=O)OC[C@@H]1COP(=O)(O)OP(=O)(O)OC[C@H]2O[C@@H](n3ccc(N)nc3=O)[C@H](C=CC(=O)[C@H](C=C[C@@H](O)CCCCC)[C@H](O)[C@@H]2O)CC=CCCCC(=O)O1. The monoisotopic (exact) mass is 1080 g/mol. The van der Waals surface area contributed by atoms with E-state index in [1.165, 1.54) is 69.0 Å². The summed E-state index contributed by atoms with van der Waals surface area (Å²) in [5, 5.41) is 33.8. The van der Waals surface area contributed by atoms with Gasteiger partial charge in [0, 0.05) is 25.0 Å². The first-order valence-corrected chi connectivity index (χ1v) is 29.0. The number of fused-ring (bicyclic) bond motifs is 3. The number of nitrogens with two attached hydrogens (primary N) is 1. The minimum absolute atomic E-state index is 0.0153. The van der Waals surface area contributed by atoms with Crippen LogP contribution in [0.4, 0.5) is 5.82 Å². The number of phosphoric acid groups is 2. The number of carbonyl (C=O) groups is 3. The van der Waals surface area contributed by atoms with Crippen LogP contribution >= 0.6 is 15.6 Å². The highest BCUT2D eigenvalue weighted by atomic mass is 31.3. The maximum Gasteiger partial charge on any atom is 0.481 e. The molecule has 3 rings (SSSR count). The maximum absolute atomic E-state index is 13.8. The Balaban J connectivity index is 1.74. The highest BCUT2D eigenvalue weighted by Crippen LogP contribution is 2.60. The van der Waals surface area contributed by atoms with Gasteiger partial charge in [-0.1, -0.05) is 132 Å². The molecule has 74 heavy (non-hydrogen) atoms. The summed E-state index contributed by atoms with van der Waals surface area (Å²) in [4.78, 5) is 77.8. The molecule has 2 aliphatic rings. The average Bonchev–Trinajstić information content (AvgIpc) is 3.34. The Bertz CT molecular complexity index is 2180. The van der Waals surface area contributed by atoms with Crippen LogP contribution < -0.4 is 11.4 Å². The van der Waals surface area contributed by atoms with Crippen LogP contribution in [0.3, 0.4) is 0 Å². The summed E-state index contributed by atoms with van der Waals surface area (Å²) in [7, 11) is -11.3. The van der Waals surface area contributed by atoms with Crippen molar-refractivity contribution in [1.29, 1.82) is 0 Å². The Kier molecular flexibility index (Phi) is 31.2. The van der Waals surface area contributed by atoms with E-state index in [1.807, 2.05) is 19.1 Å². The van der Waals surface area contributed by atoms with Crippen LogP contribution in [0.25, 0.3) is 0 Å². The van der Waals surface area contributed by atoms with Crippen molar-refractivity contribution in [1.82, 2.24) is 9.55 Å². The number of phosphoric ester groups is 2. The highest BCUT2D eigenvalue weighted by Gasteiger charge is 2.42. The summed E-state index contributed by atoms with van der Waals surface area (Å²) in [5.74, 6) is -4.74. The zero-order valence-electron chi connectivity index (χ0n) is 43.0. The average molecular weight is 1080 g/mol. The number of ether oxygens (including phenoxy) is 3. The number of ketones is 1. The van der Waals surface area contributed by atoms with Gasteiger partial charge >= 0.3 is 33.3 Å². The number of rotatable bonds is 24. The minimum atomic E-state index is -5.68. The molecule has 0 fully saturated rings. The molecule has 0 saturated carbocycles. The van der Waals surface area contributed by atoms with Gasteiger partial charge in [-0.25, -0.2) is 13.9 Å². The van der Waals surface area contributed by atoms with Crippen molar-refractivity contribution in [3.05, 3.63) is 95.7 Å². The first kappa shape index (κ1) is 64.1. The van der Waals surface area contributed by atoms with Crippen molar-refractivity contribution in [2.24, 2.45) is 11.8 Å². The molecule has 0 saturated heterocycles. The van der Waals surface area contributed by atoms with Gasteiger partial charge in [0.2, 0.25) is 0 Å². The molecule has 0 aromatic carbocycles. The van der Waals surface area contributed by atoms with E-state index in [0.29, 0.717) is 32.1 Å². The second kappa shape index (κ2) is 36.0. The number of aromatic nitrogens is 2. The molecule has 2 aliphatic heterocycles. The molecule has 10 atom stereocenters. The summed E-state index contributed by atoms with van der Waals surface area (Å²) in [5.41, 5.74) is 4.83. The van der Waals surface area contributed by atoms with E-state index in [4.69, 9.17) is 29.0 Å². The predicted octanol–water partition coefficient (Wildman–Crippen LogP) is 8.51. The maximum atomic E-state index is 13.8. The van der Waals surface area contributed by atoms with E-state index in [1.54, 1.807) is 12.2 Å². The van der Waals surface area contributed by atoms with Gasteiger partial charge in [-0.15, -0.1) is 0 Å². The van der Waals surface area contributed by atoms with E-state index >= 15 is 0 Å². The molecule has 0 amide bonds. The molecule has 2 unspecified atom stereocenters. The lowest BCUT2D eigenvalue weighted by Crippen LogP contribution is -2.49. The van der Waals surface area contributed by atoms with Crippen LogP contribution in [-0.2, 0) is 51.1 Å². The fourth-order valence-electron chi connectivity index (χ4n) is 7.83.